The van der Waals surface area contributed by atoms with E-state index >= 15 is 0 Å². The number of rotatable bonds is 5. The first-order valence-electron chi connectivity index (χ1n) is 7.83. The fourth-order valence-corrected chi connectivity index (χ4v) is 3.38. The van der Waals surface area contributed by atoms with Crippen molar-refractivity contribution in [2.75, 3.05) is 58.3 Å². The zero-order chi connectivity index (χ0) is 15.4. The van der Waals surface area contributed by atoms with Crippen LogP contribution in [0, 0.1) is 0 Å². The van der Waals surface area contributed by atoms with E-state index in [9.17, 15) is 0 Å². The van der Waals surface area contributed by atoms with Crippen molar-refractivity contribution in [3.8, 4) is 11.1 Å². The molecule has 2 aromatic rings. The number of thiophene rings is 1. The van der Waals surface area contributed by atoms with E-state index < -0.39 is 0 Å². The number of pyridine rings is 1. The summed E-state index contributed by atoms with van der Waals surface area (Å²) >= 11 is 1.73. The Morgan fingerprint density at radius 2 is 1.91 bits per heavy atom. The summed E-state index contributed by atoms with van der Waals surface area (Å²) in [6.07, 6.45) is 2.00. The fourth-order valence-electron chi connectivity index (χ4n) is 2.71. The van der Waals surface area contributed by atoms with Gasteiger partial charge in [-0.25, -0.2) is 4.98 Å². The Bertz CT molecular complexity index is 557. The van der Waals surface area contributed by atoms with Crippen molar-refractivity contribution >= 4 is 17.2 Å². The van der Waals surface area contributed by atoms with Crippen molar-refractivity contribution in [3.05, 3.63) is 35.2 Å². The maximum Gasteiger partial charge on any atom is 0.128 e. The molecule has 0 spiro atoms. The monoisotopic (exact) mass is 316 g/mol. The molecule has 22 heavy (non-hydrogen) atoms. The van der Waals surface area contributed by atoms with Crippen LogP contribution in [0.1, 0.15) is 0 Å². The zero-order valence-corrected chi connectivity index (χ0v) is 14.2. The van der Waals surface area contributed by atoms with Gasteiger partial charge in [0.05, 0.1) is 0 Å². The summed E-state index contributed by atoms with van der Waals surface area (Å²) in [5, 5.41) is 4.27. The van der Waals surface area contributed by atoms with Crippen LogP contribution in [0.25, 0.3) is 11.1 Å². The lowest BCUT2D eigenvalue weighted by molar-refractivity contribution is 0.229. The molecule has 1 aliphatic rings. The van der Waals surface area contributed by atoms with Crippen molar-refractivity contribution < 1.29 is 0 Å². The average molecular weight is 316 g/mol. The van der Waals surface area contributed by atoms with E-state index in [1.807, 2.05) is 6.20 Å². The summed E-state index contributed by atoms with van der Waals surface area (Å²) in [5.41, 5.74) is 2.46. The van der Waals surface area contributed by atoms with Gasteiger partial charge in [-0.1, -0.05) is 0 Å². The lowest BCUT2D eigenvalue weighted by Crippen LogP contribution is -2.48. The van der Waals surface area contributed by atoms with Gasteiger partial charge in [-0.05, 0) is 48.6 Å². The van der Waals surface area contributed by atoms with Crippen LogP contribution in [0.15, 0.2) is 35.2 Å². The van der Waals surface area contributed by atoms with Crippen molar-refractivity contribution in [2.45, 2.75) is 0 Å². The van der Waals surface area contributed by atoms with Gasteiger partial charge in [-0.2, -0.15) is 11.3 Å². The number of aromatic nitrogens is 1. The average Bonchev–Trinajstić information content (AvgIpc) is 3.08. The second kappa shape index (κ2) is 7.22. The standard InChI is InChI=1S/C17H24N4S/c1-19(2)6-7-20-8-10-21(11-9-20)17-4-3-15(13-18-17)16-5-12-22-14-16/h3-5,12-14H,6-11H2,1-2H3. The summed E-state index contributed by atoms with van der Waals surface area (Å²) in [4.78, 5) is 11.8. The minimum absolute atomic E-state index is 1.07. The van der Waals surface area contributed by atoms with E-state index in [0.717, 1.165) is 45.1 Å². The van der Waals surface area contributed by atoms with Crippen LogP contribution < -0.4 is 4.90 Å². The Labute approximate surface area is 137 Å². The van der Waals surface area contributed by atoms with E-state index in [4.69, 9.17) is 0 Å². The minimum Gasteiger partial charge on any atom is -0.354 e. The second-order valence-electron chi connectivity index (χ2n) is 6.05. The third kappa shape index (κ3) is 3.85. The Hall–Kier alpha value is -1.43. The molecule has 3 heterocycles. The Kier molecular flexibility index (Phi) is 5.08. The highest BCUT2D eigenvalue weighted by Gasteiger charge is 2.17. The van der Waals surface area contributed by atoms with Crippen LogP contribution in [-0.4, -0.2) is 68.1 Å². The highest BCUT2D eigenvalue weighted by molar-refractivity contribution is 7.08. The molecular formula is C17H24N4S. The minimum atomic E-state index is 1.07. The third-order valence-corrected chi connectivity index (χ3v) is 4.85. The van der Waals surface area contributed by atoms with Gasteiger partial charge in [-0.15, -0.1) is 0 Å². The number of anilines is 1. The van der Waals surface area contributed by atoms with Crippen LogP contribution in [0.3, 0.4) is 0 Å². The zero-order valence-electron chi connectivity index (χ0n) is 13.4. The first-order valence-corrected chi connectivity index (χ1v) is 8.77. The van der Waals surface area contributed by atoms with Gasteiger partial charge in [-0.3, -0.25) is 4.90 Å². The molecule has 5 heteroatoms. The smallest absolute Gasteiger partial charge is 0.128 e. The predicted molar refractivity (Wildman–Crippen MR) is 94.8 cm³/mol. The van der Waals surface area contributed by atoms with Gasteiger partial charge in [0.2, 0.25) is 0 Å². The van der Waals surface area contributed by atoms with Crippen molar-refractivity contribution in [1.29, 1.82) is 0 Å². The van der Waals surface area contributed by atoms with Crippen molar-refractivity contribution in [2.24, 2.45) is 0 Å². The molecule has 118 valence electrons. The number of likely N-dealkylation sites (N-methyl/N-ethyl adjacent to an activating group) is 1. The first kappa shape index (κ1) is 15.5. The quantitative estimate of drug-likeness (QED) is 0.845. The molecule has 1 fully saturated rings. The number of piperazine rings is 1. The number of hydrogen-bond donors (Lipinski definition) is 0. The van der Waals surface area contributed by atoms with Crippen LogP contribution >= 0.6 is 11.3 Å². The molecule has 3 rings (SSSR count). The van der Waals surface area contributed by atoms with Gasteiger partial charge in [0, 0.05) is 51.0 Å². The van der Waals surface area contributed by atoms with Gasteiger partial charge in [0.25, 0.3) is 0 Å². The largest absolute Gasteiger partial charge is 0.354 e. The maximum absolute atomic E-state index is 4.66. The molecular weight excluding hydrogens is 292 g/mol. The first-order chi connectivity index (χ1) is 10.7. The second-order valence-corrected chi connectivity index (χ2v) is 6.83. The van der Waals surface area contributed by atoms with Crippen LogP contribution in [-0.2, 0) is 0 Å². The molecule has 0 bridgehead atoms. The highest BCUT2D eigenvalue weighted by atomic mass is 32.1. The lowest BCUT2D eigenvalue weighted by atomic mass is 10.1. The molecule has 4 nitrogen and oxygen atoms in total. The number of nitrogens with zero attached hydrogens (tertiary/aromatic N) is 4. The third-order valence-electron chi connectivity index (χ3n) is 4.16. The molecule has 0 atom stereocenters. The van der Waals surface area contributed by atoms with E-state index in [-0.39, 0.29) is 0 Å². The van der Waals surface area contributed by atoms with Crippen LogP contribution in [0.4, 0.5) is 5.82 Å². The molecule has 1 aliphatic heterocycles. The van der Waals surface area contributed by atoms with E-state index in [1.54, 1.807) is 11.3 Å². The Morgan fingerprint density at radius 1 is 1.09 bits per heavy atom. The summed E-state index contributed by atoms with van der Waals surface area (Å²) < 4.78 is 0. The predicted octanol–water partition coefficient (Wildman–Crippen LogP) is 2.49. The van der Waals surface area contributed by atoms with Crippen molar-refractivity contribution in [3.63, 3.8) is 0 Å². The Morgan fingerprint density at radius 3 is 2.50 bits per heavy atom. The molecule has 0 amide bonds. The van der Waals surface area contributed by atoms with E-state index in [2.05, 4.69) is 62.7 Å². The summed E-state index contributed by atoms with van der Waals surface area (Å²) in [6.45, 7) is 6.68. The van der Waals surface area contributed by atoms with Crippen LogP contribution in [0.5, 0.6) is 0 Å². The van der Waals surface area contributed by atoms with E-state index in [0.29, 0.717) is 0 Å². The molecule has 2 aromatic heterocycles. The lowest BCUT2D eigenvalue weighted by Gasteiger charge is -2.35. The fraction of sp³-hybridized carbons (Fsp3) is 0.471. The van der Waals surface area contributed by atoms with Gasteiger partial charge < -0.3 is 9.80 Å². The Balaban J connectivity index is 1.55. The molecule has 0 saturated carbocycles. The molecule has 0 aromatic carbocycles. The number of hydrogen-bond acceptors (Lipinski definition) is 5. The normalized spacial score (nSPS) is 16.4. The summed E-state index contributed by atoms with van der Waals surface area (Å²) in [7, 11) is 4.27. The molecule has 0 unspecified atom stereocenters. The molecule has 0 N–H and O–H groups in total. The van der Waals surface area contributed by atoms with Gasteiger partial charge in [0.1, 0.15) is 5.82 Å². The molecule has 0 radical (unpaired) electrons. The van der Waals surface area contributed by atoms with Crippen LogP contribution in [0.2, 0.25) is 0 Å². The highest BCUT2D eigenvalue weighted by Crippen LogP contribution is 2.23. The van der Waals surface area contributed by atoms with Gasteiger partial charge in [0.15, 0.2) is 0 Å². The van der Waals surface area contributed by atoms with Gasteiger partial charge >= 0.3 is 0 Å². The van der Waals surface area contributed by atoms with Crippen molar-refractivity contribution in [1.82, 2.24) is 14.8 Å². The molecule has 0 aliphatic carbocycles. The van der Waals surface area contributed by atoms with E-state index in [1.165, 1.54) is 11.1 Å². The molecule has 1 saturated heterocycles. The maximum atomic E-state index is 4.66. The topological polar surface area (TPSA) is 22.6 Å². The SMILES string of the molecule is CN(C)CCN1CCN(c2ccc(-c3ccsc3)cn2)CC1. The summed E-state index contributed by atoms with van der Waals surface area (Å²) in [6, 6.07) is 6.48. The summed E-state index contributed by atoms with van der Waals surface area (Å²) in [5.74, 6) is 1.10.